The highest BCUT2D eigenvalue weighted by molar-refractivity contribution is 7.80. The lowest BCUT2D eigenvalue weighted by Gasteiger charge is -2.13. The lowest BCUT2D eigenvalue weighted by molar-refractivity contribution is -0.142. The highest BCUT2D eigenvalue weighted by Gasteiger charge is 2.18. The first-order valence-electron chi connectivity index (χ1n) is 9.45. The first-order chi connectivity index (χ1) is 13.9. The van der Waals surface area contributed by atoms with Gasteiger partial charge in [0.2, 0.25) is 0 Å². The van der Waals surface area contributed by atoms with Crippen LogP contribution < -0.4 is 0 Å². The molecule has 0 amide bonds. The van der Waals surface area contributed by atoms with Gasteiger partial charge in [-0.15, -0.1) is 0 Å². The van der Waals surface area contributed by atoms with Gasteiger partial charge in [0.05, 0.1) is 30.7 Å². The molecule has 0 aliphatic heterocycles. The van der Waals surface area contributed by atoms with Crippen LogP contribution in [-0.2, 0) is 31.2 Å². The molecule has 1 aromatic heterocycles. The average molecular weight is 412 g/mol. The number of hydrogen-bond acceptors (Lipinski definition) is 4. The van der Waals surface area contributed by atoms with Gasteiger partial charge in [-0.25, -0.2) is 4.21 Å². The van der Waals surface area contributed by atoms with Gasteiger partial charge in [0.1, 0.15) is 0 Å². The first kappa shape index (κ1) is 21.0. The van der Waals surface area contributed by atoms with Crippen molar-refractivity contribution in [2.75, 3.05) is 13.7 Å². The molecule has 152 valence electrons. The normalized spacial score (nSPS) is 12.0. The summed E-state index contributed by atoms with van der Waals surface area (Å²) in [6.07, 6.45) is 0.220. The van der Waals surface area contributed by atoms with Crippen molar-refractivity contribution < 1.29 is 17.9 Å². The van der Waals surface area contributed by atoms with E-state index in [0.717, 1.165) is 28.2 Å². The van der Waals surface area contributed by atoms with Gasteiger partial charge in [-0.3, -0.25) is 8.98 Å². The van der Waals surface area contributed by atoms with Gasteiger partial charge in [-0.1, -0.05) is 29.8 Å². The Labute approximate surface area is 173 Å². The summed E-state index contributed by atoms with van der Waals surface area (Å²) >= 11 is -1.48. The van der Waals surface area contributed by atoms with Crippen molar-refractivity contribution in [1.82, 2.24) is 4.57 Å². The largest absolute Gasteiger partial charge is 0.466 e. The Hall–Kier alpha value is -2.70. The van der Waals surface area contributed by atoms with Gasteiger partial charge in [0.25, 0.3) is 0 Å². The molecule has 5 nitrogen and oxygen atoms in total. The Morgan fingerprint density at radius 3 is 2.28 bits per heavy atom. The number of ether oxygens (including phenoxy) is 1. The fourth-order valence-electron chi connectivity index (χ4n) is 3.28. The van der Waals surface area contributed by atoms with E-state index >= 15 is 0 Å². The lowest BCUT2D eigenvalue weighted by Crippen LogP contribution is -2.08. The Balaban J connectivity index is 2.09. The van der Waals surface area contributed by atoms with E-state index in [4.69, 9.17) is 8.92 Å². The molecule has 0 saturated carbocycles. The molecule has 0 saturated heterocycles. The van der Waals surface area contributed by atoms with E-state index in [1.54, 1.807) is 19.1 Å². The van der Waals surface area contributed by atoms with Crippen LogP contribution in [0.1, 0.15) is 23.7 Å². The summed E-state index contributed by atoms with van der Waals surface area (Å²) in [6.45, 7) is 6.22. The SMILES string of the molecule is CCOC(=O)Cc1cc(-c2ccc(S(=O)OC)cc2)n(-c2ccc(C)cc2)c1C. The number of rotatable bonds is 7. The molecule has 0 radical (unpaired) electrons. The highest BCUT2D eigenvalue weighted by Crippen LogP contribution is 2.30. The lowest BCUT2D eigenvalue weighted by atomic mass is 10.1. The van der Waals surface area contributed by atoms with Gasteiger partial charge in [0, 0.05) is 11.4 Å². The van der Waals surface area contributed by atoms with E-state index in [1.807, 2.05) is 32.0 Å². The third kappa shape index (κ3) is 4.66. The predicted octanol–water partition coefficient (Wildman–Crippen LogP) is 4.54. The Morgan fingerprint density at radius 2 is 1.69 bits per heavy atom. The van der Waals surface area contributed by atoms with Crippen LogP contribution in [-0.4, -0.2) is 28.5 Å². The zero-order valence-electron chi connectivity index (χ0n) is 17.1. The maximum atomic E-state index is 12.1. The molecule has 1 atom stereocenters. The van der Waals surface area contributed by atoms with Crippen LogP contribution in [0.5, 0.6) is 0 Å². The summed E-state index contributed by atoms with van der Waals surface area (Å²) in [5.41, 5.74) is 6.02. The molecular formula is C23H25NO4S. The summed E-state index contributed by atoms with van der Waals surface area (Å²) in [5, 5.41) is 0. The Kier molecular flexibility index (Phi) is 6.67. The van der Waals surface area contributed by atoms with Crippen molar-refractivity contribution >= 4 is 17.0 Å². The zero-order valence-corrected chi connectivity index (χ0v) is 17.9. The fourth-order valence-corrected chi connectivity index (χ4v) is 3.83. The molecule has 2 aromatic carbocycles. The number of aryl methyl sites for hydroxylation is 1. The molecule has 0 N–H and O–H groups in total. The Bertz CT molecular complexity index is 1020. The number of carbonyl (C=O) groups excluding carboxylic acids is 1. The maximum absolute atomic E-state index is 12.1. The third-order valence-corrected chi connectivity index (χ3v) is 5.74. The summed E-state index contributed by atoms with van der Waals surface area (Å²) in [7, 11) is 1.41. The van der Waals surface area contributed by atoms with Crippen molar-refractivity contribution in [2.24, 2.45) is 0 Å². The third-order valence-electron chi connectivity index (χ3n) is 4.78. The van der Waals surface area contributed by atoms with Crippen molar-refractivity contribution in [1.29, 1.82) is 0 Å². The second-order valence-electron chi connectivity index (χ2n) is 6.72. The standard InChI is InChI=1S/C23H25NO4S/c1-5-28-23(25)15-19-14-22(18-8-12-21(13-9-18)29(26)27-4)24(17(19)3)20-10-6-16(2)7-11-20/h6-14H,5,15H2,1-4H3. The molecular weight excluding hydrogens is 386 g/mol. The van der Waals surface area contributed by atoms with Crippen LogP contribution in [0.4, 0.5) is 0 Å². The maximum Gasteiger partial charge on any atom is 0.310 e. The number of carbonyl (C=O) groups is 1. The van der Waals surface area contributed by atoms with E-state index in [1.165, 1.54) is 12.7 Å². The second-order valence-corrected chi connectivity index (χ2v) is 7.99. The highest BCUT2D eigenvalue weighted by atomic mass is 32.2. The van der Waals surface area contributed by atoms with Crippen molar-refractivity contribution in [3.8, 4) is 16.9 Å². The van der Waals surface area contributed by atoms with E-state index in [0.29, 0.717) is 11.5 Å². The molecule has 1 unspecified atom stereocenters. The number of benzene rings is 2. The van der Waals surface area contributed by atoms with Crippen LogP contribution in [0, 0.1) is 13.8 Å². The minimum absolute atomic E-state index is 0.220. The van der Waals surface area contributed by atoms with Crippen molar-refractivity contribution in [2.45, 2.75) is 32.1 Å². The summed E-state index contributed by atoms with van der Waals surface area (Å²) in [4.78, 5) is 12.7. The van der Waals surface area contributed by atoms with Crippen molar-refractivity contribution in [3.63, 3.8) is 0 Å². The van der Waals surface area contributed by atoms with Gasteiger partial charge in [0.15, 0.2) is 11.1 Å². The molecule has 29 heavy (non-hydrogen) atoms. The van der Waals surface area contributed by atoms with Crippen LogP contribution in [0.2, 0.25) is 0 Å². The number of esters is 1. The van der Waals surface area contributed by atoms with E-state index in [9.17, 15) is 9.00 Å². The van der Waals surface area contributed by atoms with Crippen LogP contribution in [0.3, 0.4) is 0 Å². The topological polar surface area (TPSA) is 57.5 Å². The quantitative estimate of drug-likeness (QED) is 0.536. The molecule has 0 spiro atoms. The number of hydrogen-bond donors (Lipinski definition) is 0. The minimum Gasteiger partial charge on any atom is -0.466 e. The average Bonchev–Trinajstić information content (AvgIpc) is 3.04. The van der Waals surface area contributed by atoms with Gasteiger partial charge in [-0.05, 0) is 62.2 Å². The van der Waals surface area contributed by atoms with Gasteiger partial charge in [-0.2, -0.15) is 0 Å². The predicted molar refractivity (Wildman–Crippen MR) is 114 cm³/mol. The molecule has 0 aliphatic rings. The smallest absolute Gasteiger partial charge is 0.310 e. The van der Waals surface area contributed by atoms with Gasteiger partial charge >= 0.3 is 5.97 Å². The van der Waals surface area contributed by atoms with E-state index in [2.05, 4.69) is 28.8 Å². The van der Waals surface area contributed by atoms with Crippen LogP contribution >= 0.6 is 0 Å². The summed E-state index contributed by atoms with van der Waals surface area (Å²) in [5.74, 6) is -0.242. The molecule has 0 aliphatic carbocycles. The van der Waals surface area contributed by atoms with E-state index in [-0.39, 0.29) is 12.4 Å². The van der Waals surface area contributed by atoms with Crippen molar-refractivity contribution in [3.05, 3.63) is 71.4 Å². The molecule has 3 rings (SSSR count). The first-order valence-corrected chi connectivity index (χ1v) is 10.5. The summed E-state index contributed by atoms with van der Waals surface area (Å²) < 4.78 is 24.0. The molecule has 0 fully saturated rings. The number of aromatic nitrogens is 1. The molecule has 6 heteroatoms. The van der Waals surface area contributed by atoms with Crippen LogP contribution in [0.15, 0.2) is 59.5 Å². The minimum atomic E-state index is -1.48. The summed E-state index contributed by atoms with van der Waals surface area (Å²) in [6, 6.07) is 17.7. The molecule has 1 heterocycles. The molecule has 3 aromatic rings. The number of nitrogens with zero attached hydrogens (tertiary/aromatic N) is 1. The van der Waals surface area contributed by atoms with Gasteiger partial charge < -0.3 is 9.30 Å². The fraction of sp³-hybridized carbons (Fsp3) is 0.261. The van der Waals surface area contributed by atoms with Crippen LogP contribution in [0.25, 0.3) is 16.9 Å². The monoisotopic (exact) mass is 411 g/mol. The zero-order chi connectivity index (χ0) is 21.0. The second kappa shape index (κ2) is 9.20. The van der Waals surface area contributed by atoms with E-state index < -0.39 is 11.1 Å². The molecule has 0 bridgehead atoms. The Morgan fingerprint density at radius 1 is 1.03 bits per heavy atom.